The van der Waals surface area contributed by atoms with Crippen molar-refractivity contribution >= 4 is 70.5 Å². The zero-order valence-corrected chi connectivity index (χ0v) is 33.2. The van der Waals surface area contributed by atoms with Gasteiger partial charge in [-0.2, -0.15) is 0 Å². The summed E-state index contributed by atoms with van der Waals surface area (Å²) in [7, 11) is 0. The van der Waals surface area contributed by atoms with Crippen LogP contribution in [0.5, 0.6) is 0 Å². The Balaban J connectivity index is 1.79. The second kappa shape index (κ2) is 20.8. The minimum Gasteiger partial charge on any atom is -0.479 e. The number of nitrogens with one attached hydrogen (secondary N) is 5. The van der Waals surface area contributed by atoms with Crippen LogP contribution in [-0.4, -0.2) is 81.6 Å². The van der Waals surface area contributed by atoms with E-state index in [0.717, 1.165) is 31.4 Å². The highest BCUT2D eigenvalue weighted by atomic mass is 35.5. The van der Waals surface area contributed by atoms with Gasteiger partial charge in [-0.3, -0.25) is 28.8 Å². The van der Waals surface area contributed by atoms with Crippen LogP contribution in [-0.2, 0) is 28.8 Å². The molecule has 1 aliphatic carbocycles. The van der Waals surface area contributed by atoms with Crippen LogP contribution in [0.25, 0.3) is 0 Å². The van der Waals surface area contributed by atoms with Crippen molar-refractivity contribution in [2.24, 2.45) is 11.8 Å². The van der Waals surface area contributed by atoms with E-state index in [4.69, 9.17) is 23.2 Å². The maximum Gasteiger partial charge on any atom is 0.336 e. The molecule has 0 radical (unpaired) electrons. The Morgan fingerprint density at radius 3 is 2.00 bits per heavy atom. The molecule has 0 saturated heterocycles. The van der Waals surface area contributed by atoms with Gasteiger partial charge >= 0.3 is 11.9 Å². The average Bonchev–Trinajstić information content (AvgIpc) is 3.16. The Labute approximate surface area is 335 Å². The fraction of sp³-hybridized carbons (Fsp3) is 0.487. The van der Waals surface area contributed by atoms with E-state index >= 15 is 0 Å². The standard InChI is InChI=1S/C39H49Cl2N5O10/c1-5-12-28(32(48)35(51)42-20-30(47)45-31(37(54)55)22-13-8-6-9-14-22)43-34(50)29(17-21(2)3)44-38(56)39(4,23-15-10-7-11-16-23)46-33(49)24-18-26(40)27(41)19-25(24)36(52)53/h6,8-9,13-14,18-19,21,23,28-29,31H,5,7,10-12,15-17,20H2,1-4H3,(H,42,51)(H,43,50)(H,44,56)(H,45,47)(H,46,49)(H,52,53)(H,54,55)/t28?,29-,31-,39-/m0/s1. The van der Waals surface area contributed by atoms with Crippen LogP contribution in [0.4, 0.5) is 0 Å². The monoisotopic (exact) mass is 817 g/mol. The summed E-state index contributed by atoms with van der Waals surface area (Å²) < 4.78 is 0. The number of aliphatic carboxylic acids is 1. The van der Waals surface area contributed by atoms with Crippen molar-refractivity contribution in [2.45, 2.75) is 103 Å². The molecule has 56 heavy (non-hydrogen) atoms. The van der Waals surface area contributed by atoms with Gasteiger partial charge in [0.05, 0.1) is 33.8 Å². The number of aromatic carboxylic acids is 1. The maximum atomic E-state index is 14.3. The van der Waals surface area contributed by atoms with Crippen molar-refractivity contribution < 1.29 is 48.6 Å². The minimum atomic E-state index is -1.63. The Kier molecular flexibility index (Phi) is 16.8. The van der Waals surface area contributed by atoms with E-state index in [1.54, 1.807) is 25.1 Å². The maximum absolute atomic E-state index is 14.3. The highest BCUT2D eigenvalue weighted by Crippen LogP contribution is 2.34. The van der Waals surface area contributed by atoms with Gasteiger partial charge in [0, 0.05) is 0 Å². The number of benzene rings is 2. The molecule has 7 N–H and O–H groups in total. The van der Waals surface area contributed by atoms with Crippen molar-refractivity contribution in [1.82, 2.24) is 26.6 Å². The first-order chi connectivity index (χ1) is 26.4. The number of carboxylic acid groups (broad SMARTS) is 2. The summed E-state index contributed by atoms with van der Waals surface area (Å²) in [6.07, 6.45) is 4.07. The average molecular weight is 819 g/mol. The van der Waals surface area contributed by atoms with Crippen LogP contribution in [0.3, 0.4) is 0 Å². The zero-order chi connectivity index (χ0) is 41.7. The second-order valence-corrected chi connectivity index (χ2v) is 15.2. The SMILES string of the molecule is CCCC(NC(=O)[C@H](CC(C)C)NC(=O)[C@@](C)(NC(=O)c1cc(Cl)c(Cl)cc1C(=O)O)C1CCCCC1)C(=O)C(=O)NCC(=O)N[C@H](C(=O)O)c1ccccc1. The predicted molar refractivity (Wildman–Crippen MR) is 207 cm³/mol. The Morgan fingerprint density at radius 1 is 0.839 bits per heavy atom. The normalized spacial score (nSPS) is 15.6. The van der Waals surface area contributed by atoms with Gasteiger partial charge in [0.2, 0.25) is 23.5 Å². The summed E-state index contributed by atoms with van der Waals surface area (Å²) in [6.45, 7) is 6.14. The van der Waals surface area contributed by atoms with E-state index < -0.39 is 88.9 Å². The zero-order valence-electron chi connectivity index (χ0n) is 31.7. The molecule has 1 saturated carbocycles. The molecule has 0 heterocycles. The largest absolute Gasteiger partial charge is 0.479 e. The molecule has 0 bridgehead atoms. The lowest BCUT2D eigenvalue weighted by atomic mass is 9.74. The molecule has 0 aromatic heterocycles. The van der Waals surface area contributed by atoms with Crippen molar-refractivity contribution in [2.75, 3.05) is 6.54 Å². The van der Waals surface area contributed by atoms with Crippen LogP contribution in [0.2, 0.25) is 10.0 Å². The Hall–Kier alpha value is -5.02. The topological polar surface area (TPSA) is 237 Å². The molecule has 304 valence electrons. The van der Waals surface area contributed by atoms with Crippen molar-refractivity contribution in [1.29, 1.82) is 0 Å². The first-order valence-corrected chi connectivity index (χ1v) is 19.2. The summed E-state index contributed by atoms with van der Waals surface area (Å²) in [4.78, 5) is 104. The van der Waals surface area contributed by atoms with Crippen LogP contribution in [0, 0.1) is 11.8 Å². The van der Waals surface area contributed by atoms with Crippen LogP contribution < -0.4 is 26.6 Å². The van der Waals surface area contributed by atoms with E-state index in [0.29, 0.717) is 24.8 Å². The third-order valence-electron chi connectivity index (χ3n) is 9.66. The lowest BCUT2D eigenvalue weighted by Gasteiger charge is -2.40. The molecule has 17 heteroatoms. The Bertz CT molecular complexity index is 1800. The van der Waals surface area contributed by atoms with Crippen LogP contribution >= 0.6 is 23.2 Å². The smallest absolute Gasteiger partial charge is 0.336 e. The molecule has 4 atom stereocenters. The molecule has 3 rings (SSSR count). The summed E-state index contributed by atoms with van der Waals surface area (Å²) in [6, 6.07) is 6.09. The first kappa shape index (κ1) is 45.4. The molecule has 2 aromatic rings. The number of hydrogen-bond acceptors (Lipinski definition) is 8. The van der Waals surface area contributed by atoms with E-state index in [2.05, 4.69) is 26.6 Å². The molecule has 0 aliphatic heterocycles. The van der Waals surface area contributed by atoms with E-state index in [1.807, 2.05) is 13.8 Å². The van der Waals surface area contributed by atoms with Crippen molar-refractivity contribution in [3.63, 3.8) is 0 Å². The number of carbonyl (C=O) groups excluding carboxylic acids is 6. The molecular weight excluding hydrogens is 769 g/mol. The van der Waals surface area contributed by atoms with Gasteiger partial charge in [-0.15, -0.1) is 0 Å². The van der Waals surface area contributed by atoms with Crippen LogP contribution in [0.1, 0.15) is 111 Å². The summed E-state index contributed by atoms with van der Waals surface area (Å²) in [5, 5.41) is 31.8. The molecular formula is C39H49Cl2N5O10. The molecule has 2 aromatic carbocycles. The fourth-order valence-corrected chi connectivity index (χ4v) is 6.96. The lowest BCUT2D eigenvalue weighted by Crippen LogP contribution is -2.64. The third kappa shape index (κ3) is 12.2. The van der Waals surface area contributed by atoms with Gasteiger partial charge in [0.25, 0.3) is 11.8 Å². The highest BCUT2D eigenvalue weighted by molar-refractivity contribution is 6.42. The third-order valence-corrected chi connectivity index (χ3v) is 10.4. The number of Topliss-reactive ketones (excluding diaryl/α,β-unsaturated/α-hetero) is 1. The summed E-state index contributed by atoms with van der Waals surface area (Å²) in [5.74, 6) is -8.81. The number of hydrogen-bond donors (Lipinski definition) is 7. The van der Waals surface area contributed by atoms with Gasteiger partial charge in [-0.25, -0.2) is 9.59 Å². The predicted octanol–water partition coefficient (Wildman–Crippen LogP) is 4.20. The molecule has 5 amide bonds. The number of ketones is 1. The van der Waals surface area contributed by atoms with E-state index in [9.17, 15) is 48.6 Å². The number of carboxylic acids is 2. The number of carbonyl (C=O) groups is 8. The molecule has 1 unspecified atom stereocenters. The van der Waals surface area contributed by atoms with Gasteiger partial charge < -0.3 is 36.8 Å². The summed E-state index contributed by atoms with van der Waals surface area (Å²) >= 11 is 12.2. The molecule has 0 spiro atoms. The highest BCUT2D eigenvalue weighted by Gasteiger charge is 2.45. The first-order valence-electron chi connectivity index (χ1n) is 18.4. The van der Waals surface area contributed by atoms with Gasteiger partial charge in [-0.1, -0.05) is 100.0 Å². The van der Waals surface area contributed by atoms with E-state index in [1.165, 1.54) is 19.1 Å². The van der Waals surface area contributed by atoms with Gasteiger partial charge in [0.15, 0.2) is 6.04 Å². The van der Waals surface area contributed by atoms with Crippen LogP contribution in [0.15, 0.2) is 42.5 Å². The quantitative estimate of drug-likeness (QED) is 0.0998. The number of amides is 5. The van der Waals surface area contributed by atoms with Gasteiger partial charge in [0.1, 0.15) is 11.6 Å². The lowest BCUT2D eigenvalue weighted by molar-refractivity contribution is -0.142. The van der Waals surface area contributed by atoms with Gasteiger partial charge in [-0.05, 0) is 62.1 Å². The number of rotatable bonds is 19. The summed E-state index contributed by atoms with van der Waals surface area (Å²) in [5.41, 5.74) is -2.07. The number of halogens is 2. The molecule has 1 aliphatic rings. The molecule has 1 fully saturated rings. The van der Waals surface area contributed by atoms with E-state index in [-0.39, 0.29) is 34.4 Å². The molecule has 15 nitrogen and oxygen atoms in total. The Morgan fingerprint density at radius 2 is 1.45 bits per heavy atom. The minimum absolute atomic E-state index is 0.0348. The van der Waals surface area contributed by atoms with Crippen molar-refractivity contribution in [3.05, 3.63) is 69.2 Å². The fourth-order valence-electron chi connectivity index (χ4n) is 6.63. The second-order valence-electron chi connectivity index (χ2n) is 14.4. The van der Waals surface area contributed by atoms with Crippen molar-refractivity contribution in [3.8, 4) is 0 Å².